The van der Waals surface area contributed by atoms with Gasteiger partial charge < -0.3 is 5.11 Å². The van der Waals surface area contributed by atoms with Crippen LogP contribution in [0.1, 0.15) is 24.4 Å². The number of aromatic hydroxyl groups is 1. The first kappa shape index (κ1) is 14.2. The number of carbonyl (C=O) groups is 2. The molecule has 5 atom stereocenters. The van der Waals surface area contributed by atoms with Gasteiger partial charge in [0, 0.05) is 0 Å². The molecule has 4 heteroatoms. The fourth-order valence-electron chi connectivity index (χ4n) is 4.48. The molecule has 2 aliphatic carbocycles. The number of amides is 2. The number of hydrogen-bond donors (Lipinski definition) is 1. The van der Waals surface area contributed by atoms with Crippen molar-refractivity contribution in [1.29, 1.82) is 0 Å². The summed E-state index contributed by atoms with van der Waals surface area (Å²) in [5, 5.41) is 9.47. The molecule has 23 heavy (non-hydrogen) atoms. The van der Waals surface area contributed by atoms with Crippen LogP contribution in [-0.4, -0.2) is 21.8 Å². The molecule has 4 nitrogen and oxygen atoms in total. The van der Waals surface area contributed by atoms with Crippen molar-refractivity contribution in [3.8, 4) is 5.75 Å². The Morgan fingerprint density at radius 1 is 1.13 bits per heavy atom. The summed E-state index contributed by atoms with van der Waals surface area (Å²) < 4.78 is 0. The minimum absolute atomic E-state index is 0.0447. The number of carbonyl (C=O) groups excluding carboxylic acids is 2. The molecule has 3 aliphatic rings. The van der Waals surface area contributed by atoms with Gasteiger partial charge in [0.1, 0.15) is 5.75 Å². The van der Waals surface area contributed by atoms with Crippen molar-refractivity contribution in [2.45, 2.75) is 18.9 Å². The Balaban J connectivity index is 1.70. The summed E-state index contributed by atoms with van der Waals surface area (Å²) in [5.41, 5.74) is 0.852. The lowest BCUT2D eigenvalue weighted by molar-refractivity contribution is -0.143. The van der Waals surface area contributed by atoms with Gasteiger partial charge in [-0.3, -0.25) is 14.5 Å². The SMILES string of the molecule is C=CCC(c1ccc(O)cc1)N1C(=O)C2C3C=CC(C3)C2C1=O. The Labute approximate surface area is 135 Å². The predicted molar refractivity (Wildman–Crippen MR) is 85.2 cm³/mol. The van der Waals surface area contributed by atoms with E-state index < -0.39 is 0 Å². The number of phenolic OH excluding ortho intramolecular Hbond substituents is 1. The zero-order chi connectivity index (χ0) is 16.1. The molecule has 0 aromatic heterocycles. The maximum absolute atomic E-state index is 12.9. The zero-order valence-corrected chi connectivity index (χ0v) is 12.8. The summed E-state index contributed by atoms with van der Waals surface area (Å²) in [4.78, 5) is 27.3. The summed E-state index contributed by atoms with van der Waals surface area (Å²) in [7, 11) is 0. The summed E-state index contributed by atoms with van der Waals surface area (Å²) in [6, 6.07) is 6.37. The van der Waals surface area contributed by atoms with E-state index in [1.54, 1.807) is 30.3 Å². The van der Waals surface area contributed by atoms with Gasteiger partial charge in [-0.25, -0.2) is 0 Å². The van der Waals surface area contributed by atoms with E-state index in [0.29, 0.717) is 6.42 Å². The normalized spacial score (nSPS) is 32.4. The zero-order valence-electron chi connectivity index (χ0n) is 12.8. The minimum atomic E-state index is -0.335. The van der Waals surface area contributed by atoms with E-state index in [1.165, 1.54) is 4.90 Å². The average molecular weight is 309 g/mol. The molecule has 4 rings (SSSR count). The van der Waals surface area contributed by atoms with Crippen molar-refractivity contribution < 1.29 is 14.7 Å². The molecule has 2 fully saturated rings. The monoisotopic (exact) mass is 309 g/mol. The molecule has 5 unspecified atom stereocenters. The molecule has 118 valence electrons. The van der Waals surface area contributed by atoms with Gasteiger partial charge in [-0.1, -0.05) is 30.4 Å². The van der Waals surface area contributed by atoms with E-state index in [2.05, 4.69) is 18.7 Å². The Morgan fingerprint density at radius 3 is 2.22 bits per heavy atom. The maximum atomic E-state index is 12.9. The quantitative estimate of drug-likeness (QED) is 0.687. The van der Waals surface area contributed by atoms with Crippen LogP contribution in [-0.2, 0) is 9.59 Å². The molecular weight excluding hydrogens is 290 g/mol. The number of benzene rings is 1. The third kappa shape index (κ3) is 1.97. The number of allylic oxidation sites excluding steroid dienone is 2. The minimum Gasteiger partial charge on any atom is -0.508 e. The lowest BCUT2D eigenvalue weighted by atomic mass is 9.85. The summed E-state index contributed by atoms with van der Waals surface area (Å²) >= 11 is 0. The van der Waals surface area contributed by atoms with Gasteiger partial charge in [-0.2, -0.15) is 0 Å². The van der Waals surface area contributed by atoms with Crippen LogP contribution in [0.25, 0.3) is 0 Å². The molecular formula is C19H19NO3. The molecule has 2 bridgehead atoms. The topological polar surface area (TPSA) is 57.6 Å². The van der Waals surface area contributed by atoms with Crippen LogP contribution in [0, 0.1) is 23.7 Å². The van der Waals surface area contributed by atoms with Crippen LogP contribution in [0.2, 0.25) is 0 Å². The van der Waals surface area contributed by atoms with Crippen LogP contribution >= 0.6 is 0 Å². The molecule has 0 radical (unpaired) electrons. The lowest BCUT2D eigenvalue weighted by Gasteiger charge is -2.27. The summed E-state index contributed by atoms with van der Waals surface area (Å²) in [6.07, 6.45) is 7.39. The molecule has 1 aromatic carbocycles. The Kier molecular flexibility index (Phi) is 3.15. The lowest BCUT2D eigenvalue weighted by Crippen LogP contribution is -2.36. The summed E-state index contributed by atoms with van der Waals surface area (Å²) in [5.74, 6) is 0.160. The van der Waals surface area contributed by atoms with E-state index in [1.807, 2.05) is 0 Å². The number of fused-ring (bicyclic) bond motifs is 5. The van der Waals surface area contributed by atoms with Crippen molar-refractivity contribution in [2.75, 3.05) is 0 Å². The molecule has 1 aromatic rings. The first-order valence-electron chi connectivity index (χ1n) is 8.07. The van der Waals surface area contributed by atoms with Crippen molar-refractivity contribution in [3.63, 3.8) is 0 Å². The Hall–Kier alpha value is -2.36. The highest BCUT2D eigenvalue weighted by molar-refractivity contribution is 6.06. The standard InChI is InChI=1S/C19H19NO3/c1-2-3-15(11-6-8-14(21)9-7-11)20-18(22)16-12-4-5-13(10-12)17(16)19(20)23/h2,4-9,12-13,15-17,21H,1,3,10H2. The van der Waals surface area contributed by atoms with Crippen molar-refractivity contribution in [2.24, 2.45) is 23.7 Å². The molecule has 1 saturated heterocycles. The van der Waals surface area contributed by atoms with Gasteiger partial charge in [0.2, 0.25) is 11.8 Å². The van der Waals surface area contributed by atoms with Crippen molar-refractivity contribution in [1.82, 2.24) is 4.90 Å². The third-order valence-corrected chi connectivity index (χ3v) is 5.48. The molecule has 1 saturated carbocycles. The number of imide groups is 1. The second kappa shape index (κ2) is 5.08. The summed E-state index contributed by atoms with van der Waals surface area (Å²) in [6.45, 7) is 3.77. The number of phenols is 1. The molecule has 0 spiro atoms. The van der Waals surface area contributed by atoms with Crippen LogP contribution in [0.15, 0.2) is 49.1 Å². The molecule has 1 N–H and O–H groups in total. The van der Waals surface area contributed by atoms with Crippen LogP contribution in [0.3, 0.4) is 0 Å². The van der Waals surface area contributed by atoms with Crippen molar-refractivity contribution >= 4 is 11.8 Å². The van der Waals surface area contributed by atoms with E-state index >= 15 is 0 Å². The second-order valence-corrected chi connectivity index (χ2v) is 6.68. The number of rotatable bonds is 4. The van der Waals surface area contributed by atoms with E-state index in [-0.39, 0.29) is 47.3 Å². The third-order valence-electron chi connectivity index (χ3n) is 5.48. The van der Waals surface area contributed by atoms with Gasteiger partial charge >= 0.3 is 0 Å². The fraction of sp³-hybridized carbons (Fsp3) is 0.368. The smallest absolute Gasteiger partial charge is 0.234 e. The van der Waals surface area contributed by atoms with Gasteiger partial charge in [0.15, 0.2) is 0 Å². The maximum Gasteiger partial charge on any atom is 0.234 e. The molecule has 2 amide bonds. The molecule has 1 heterocycles. The predicted octanol–water partition coefficient (Wildman–Crippen LogP) is 2.82. The van der Waals surface area contributed by atoms with E-state index in [4.69, 9.17) is 0 Å². The van der Waals surface area contributed by atoms with Gasteiger partial charge in [-0.15, -0.1) is 6.58 Å². The second-order valence-electron chi connectivity index (χ2n) is 6.68. The fourth-order valence-corrected chi connectivity index (χ4v) is 4.48. The van der Waals surface area contributed by atoms with Crippen LogP contribution < -0.4 is 0 Å². The highest BCUT2D eigenvalue weighted by atomic mass is 16.3. The van der Waals surface area contributed by atoms with Gasteiger partial charge in [0.25, 0.3) is 0 Å². The van der Waals surface area contributed by atoms with Crippen LogP contribution in [0.4, 0.5) is 0 Å². The number of hydrogen-bond acceptors (Lipinski definition) is 3. The largest absolute Gasteiger partial charge is 0.508 e. The average Bonchev–Trinajstić information content (AvgIpc) is 3.21. The molecule has 1 aliphatic heterocycles. The Morgan fingerprint density at radius 2 is 1.70 bits per heavy atom. The van der Waals surface area contributed by atoms with E-state index in [9.17, 15) is 14.7 Å². The Bertz CT molecular complexity index is 676. The first-order chi connectivity index (χ1) is 11.1. The number of likely N-dealkylation sites (tertiary alicyclic amines) is 1. The van der Waals surface area contributed by atoms with Gasteiger partial charge in [-0.05, 0) is 42.4 Å². The first-order valence-corrected chi connectivity index (χ1v) is 8.07. The highest BCUT2D eigenvalue weighted by Crippen LogP contribution is 2.54. The van der Waals surface area contributed by atoms with E-state index in [0.717, 1.165) is 12.0 Å². The van der Waals surface area contributed by atoms with Crippen molar-refractivity contribution in [3.05, 3.63) is 54.6 Å². The number of nitrogens with zero attached hydrogens (tertiary/aromatic N) is 1. The van der Waals surface area contributed by atoms with Gasteiger partial charge in [0.05, 0.1) is 17.9 Å². The van der Waals surface area contributed by atoms with Crippen LogP contribution in [0.5, 0.6) is 5.75 Å². The highest BCUT2D eigenvalue weighted by Gasteiger charge is 2.60.